The molecule has 0 aliphatic carbocycles. The predicted molar refractivity (Wildman–Crippen MR) is 109 cm³/mol. The highest BCUT2D eigenvalue weighted by molar-refractivity contribution is 7.18. The summed E-state index contributed by atoms with van der Waals surface area (Å²) in [6.45, 7) is 8.43. The number of carbonyl (C=O) groups excluding carboxylic acids is 2. The lowest BCUT2D eigenvalue weighted by Gasteiger charge is -2.21. The van der Waals surface area contributed by atoms with Crippen LogP contribution in [0.3, 0.4) is 0 Å². The molecule has 2 aromatic rings. The zero-order chi connectivity index (χ0) is 19.8. The first-order valence-corrected chi connectivity index (χ1v) is 9.98. The van der Waals surface area contributed by atoms with Gasteiger partial charge in [0.1, 0.15) is 11.0 Å². The molecule has 1 aromatic carbocycles. The van der Waals surface area contributed by atoms with E-state index in [2.05, 4.69) is 33.1 Å². The van der Waals surface area contributed by atoms with Crippen LogP contribution >= 0.6 is 11.3 Å². The number of urea groups is 1. The van der Waals surface area contributed by atoms with E-state index in [1.165, 1.54) is 16.9 Å². The van der Waals surface area contributed by atoms with Gasteiger partial charge in [-0.05, 0) is 19.3 Å². The minimum absolute atomic E-state index is 0.0635. The van der Waals surface area contributed by atoms with Gasteiger partial charge in [0.2, 0.25) is 11.0 Å². The highest BCUT2D eigenvalue weighted by atomic mass is 32.1. The summed E-state index contributed by atoms with van der Waals surface area (Å²) in [6.07, 6.45) is 1.90. The first-order valence-electron chi connectivity index (χ1n) is 9.16. The molecule has 1 heterocycles. The van der Waals surface area contributed by atoms with Crippen molar-refractivity contribution < 1.29 is 9.59 Å². The van der Waals surface area contributed by atoms with Crippen molar-refractivity contribution >= 4 is 28.4 Å². The molecule has 0 bridgehead atoms. The molecule has 1 aromatic heterocycles. The van der Waals surface area contributed by atoms with Crippen LogP contribution in [0.5, 0.6) is 0 Å². The molecule has 2 rings (SSSR count). The van der Waals surface area contributed by atoms with Crippen molar-refractivity contribution in [2.45, 2.75) is 46.6 Å². The van der Waals surface area contributed by atoms with Crippen LogP contribution in [-0.4, -0.2) is 34.7 Å². The summed E-state index contributed by atoms with van der Waals surface area (Å²) < 4.78 is 0. The molecule has 27 heavy (non-hydrogen) atoms. The van der Waals surface area contributed by atoms with E-state index in [1.54, 1.807) is 0 Å². The first kappa shape index (κ1) is 20.8. The largest absolute Gasteiger partial charge is 0.338 e. The van der Waals surface area contributed by atoms with Crippen LogP contribution in [0.25, 0.3) is 10.6 Å². The monoisotopic (exact) mass is 389 g/mol. The van der Waals surface area contributed by atoms with Gasteiger partial charge in [-0.1, -0.05) is 68.4 Å². The number of aromatic nitrogens is 2. The van der Waals surface area contributed by atoms with Crippen molar-refractivity contribution in [3.8, 4) is 10.6 Å². The number of aryl methyl sites for hydroxylation is 1. The summed E-state index contributed by atoms with van der Waals surface area (Å²) in [5, 5.41) is 17.6. The third-order valence-electron chi connectivity index (χ3n) is 4.01. The Morgan fingerprint density at radius 3 is 2.48 bits per heavy atom. The zero-order valence-electron chi connectivity index (χ0n) is 16.2. The molecule has 8 heteroatoms. The summed E-state index contributed by atoms with van der Waals surface area (Å²) >= 11 is 1.30. The molecule has 0 saturated heterocycles. The van der Waals surface area contributed by atoms with E-state index in [0.29, 0.717) is 11.7 Å². The number of hydrogen-bond donors (Lipinski definition) is 3. The zero-order valence-corrected chi connectivity index (χ0v) is 17.0. The highest BCUT2D eigenvalue weighted by Crippen LogP contribution is 2.26. The fraction of sp³-hybridized carbons (Fsp3) is 0.474. The van der Waals surface area contributed by atoms with Gasteiger partial charge < -0.3 is 10.6 Å². The number of nitrogens with zero attached hydrogens (tertiary/aromatic N) is 2. The SMILES string of the molecule is CCCCNC(=O)N[C@H](C(=O)Nc1nnc(-c2ccc(C)cc2)s1)C(C)C. The minimum Gasteiger partial charge on any atom is -0.338 e. The third kappa shape index (κ3) is 6.32. The van der Waals surface area contributed by atoms with Crippen molar-refractivity contribution in [3.05, 3.63) is 29.8 Å². The van der Waals surface area contributed by atoms with Crippen molar-refractivity contribution in [3.63, 3.8) is 0 Å². The molecule has 0 aliphatic rings. The Morgan fingerprint density at radius 2 is 1.85 bits per heavy atom. The molecule has 146 valence electrons. The van der Waals surface area contributed by atoms with Gasteiger partial charge in [-0.3, -0.25) is 10.1 Å². The van der Waals surface area contributed by atoms with Crippen LogP contribution in [-0.2, 0) is 4.79 Å². The molecule has 1 atom stereocenters. The Bertz CT molecular complexity index is 758. The van der Waals surface area contributed by atoms with E-state index in [4.69, 9.17) is 0 Å². The Hall–Kier alpha value is -2.48. The van der Waals surface area contributed by atoms with Gasteiger partial charge in [0, 0.05) is 12.1 Å². The Kier molecular flexibility index (Phi) is 7.72. The minimum atomic E-state index is -0.654. The maximum atomic E-state index is 12.6. The van der Waals surface area contributed by atoms with Crippen molar-refractivity contribution in [1.29, 1.82) is 0 Å². The van der Waals surface area contributed by atoms with E-state index in [9.17, 15) is 9.59 Å². The van der Waals surface area contributed by atoms with Gasteiger partial charge in [0.05, 0.1) is 0 Å². The summed E-state index contributed by atoms with van der Waals surface area (Å²) in [7, 11) is 0. The van der Waals surface area contributed by atoms with Gasteiger partial charge in [0.25, 0.3) is 0 Å². The Morgan fingerprint density at radius 1 is 1.15 bits per heavy atom. The first-order chi connectivity index (χ1) is 12.9. The lowest BCUT2D eigenvalue weighted by Crippen LogP contribution is -2.50. The second-order valence-electron chi connectivity index (χ2n) is 6.74. The molecule has 3 amide bonds. The summed E-state index contributed by atoms with van der Waals surface area (Å²) in [4.78, 5) is 24.6. The van der Waals surface area contributed by atoms with Gasteiger partial charge in [-0.2, -0.15) is 0 Å². The standard InChI is InChI=1S/C19H27N5O2S/c1-5-6-11-20-18(26)21-15(12(2)3)16(25)22-19-24-23-17(27-19)14-9-7-13(4)8-10-14/h7-10,12,15H,5-6,11H2,1-4H3,(H2,20,21,26)(H,22,24,25)/t15-/m0/s1. The van der Waals surface area contributed by atoms with Gasteiger partial charge in [0.15, 0.2) is 0 Å². The van der Waals surface area contributed by atoms with E-state index in [0.717, 1.165) is 23.4 Å². The van der Waals surface area contributed by atoms with Crippen molar-refractivity contribution in [2.75, 3.05) is 11.9 Å². The number of carbonyl (C=O) groups is 2. The number of unbranched alkanes of at least 4 members (excludes halogenated alkanes) is 1. The van der Waals surface area contributed by atoms with Crippen LogP contribution in [0.1, 0.15) is 39.2 Å². The van der Waals surface area contributed by atoms with Gasteiger partial charge >= 0.3 is 6.03 Å². The molecule has 0 radical (unpaired) electrons. The summed E-state index contributed by atoms with van der Waals surface area (Å²) in [5.74, 6) is -0.367. The average Bonchev–Trinajstić information content (AvgIpc) is 3.08. The number of nitrogens with one attached hydrogen (secondary N) is 3. The Balaban J connectivity index is 1.98. The van der Waals surface area contributed by atoms with Crippen LogP contribution < -0.4 is 16.0 Å². The molecule has 7 nitrogen and oxygen atoms in total. The van der Waals surface area contributed by atoms with Crippen LogP contribution in [0.15, 0.2) is 24.3 Å². The van der Waals surface area contributed by atoms with Crippen LogP contribution in [0.2, 0.25) is 0 Å². The van der Waals surface area contributed by atoms with Crippen LogP contribution in [0, 0.1) is 12.8 Å². The van der Waals surface area contributed by atoms with Crippen molar-refractivity contribution in [1.82, 2.24) is 20.8 Å². The second-order valence-corrected chi connectivity index (χ2v) is 7.72. The smallest absolute Gasteiger partial charge is 0.315 e. The second kappa shape index (κ2) is 10.0. The number of hydrogen-bond acceptors (Lipinski definition) is 5. The maximum Gasteiger partial charge on any atom is 0.315 e. The lowest BCUT2D eigenvalue weighted by atomic mass is 10.0. The molecule has 0 spiro atoms. The average molecular weight is 390 g/mol. The fourth-order valence-electron chi connectivity index (χ4n) is 2.38. The molecule has 3 N–H and O–H groups in total. The number of benzene rings is 1. The van der Waals surface area contributed by atoms with E-state index in [1.807, 2.05) is 45.0 Å². The normalized spacial score (nSPS) is 11.9. The molecule has 0 fully saturated rings. The number of anilines is 1. The fourth-order valence-corrected chi connectivity index (χ4v) is 3.13. The third-order valence-corrected chi connectivity index (χ3v) is 4.89. The van der Waals surface area contributed by atoms with Crippen LogP contribution in [0.4, 0.5) is 9.93 Å². The highest BCUT2D eigenvalue weighted by Gasteiger charge is 2.25. The van der Waals surface area contributed by atoms with Crippen molar-refractivity contribution in [2.24, 2.45) is 5.92 Å². The Labute approximate surface area is 164 Å². The molecular formula is C19H27N5O2S. The number of amides is 3. The lowest BCUT2D eigenvalue weighted by molar-refractivity contribution is -0.118. The van der Waals surface area contributed by atoms with E-state index in [-0.39, 0.29) is 17.9 Å². The summed E-state index contributed by atoms with van der Waals surface area (Å²) in [5.41, 5.74) is 2.12. The number of rotatable bonds is 8. The molecular weight excluding hydrogens is 362 g/mol. The van der Waals surface area contributed by atoms with Gasteiger partial charge in [-0.25, -0.2) is 4.79 Å². The molecule has 0 saturated carbocycles. The quantitative estimate of drug-likeness (QED) is 0.601. The van der Waals surface area contributed by atoms with E-state index >= 15 is 0 Å². The molecule has 0 aliphatic heterocycles. The van der Waals surface area contributed by atoms with E-state index < -0.39 is 6.04 Å². The molecule has 0 unspecified atom stereocenters. The van der Waals surface area contributed by atoms with Gasteiger partial charge in [-0.15, -0.1) is 10.2 Å². The topological polar surface area (TPSA) is 96.0 Å². The predicted octanol–water partition coefficient (Wildman–Crippen LogP) is 3.58. The summed E-state index contributed by atoms with van der Waals surface area (Å²) in [6, 6.07) is 6.96. The maximum absolute atomic E-state index is 12.6.